The lowest BCUT2D eigenvalue weighted by Crippen LogP contribution is -2.31. The number of aliphatic hydroxyl groups is 1. The summed E-state index contributed by atoms with van der Waals surface area (Å²) in [6.07, 6.45) is 3.17. The van der Waals surface area contributed by atoms with Gasteiger partial charge in [0.2, 0.25) is 11.8 Å². The van der Waals surface area contributed by atoms with Crippen LogP contribution in [0.25, 0.3) is 22.6 Å². The number of hydroxylamine groups is 1. The van der Waals surface area contributed by atoms with E-state index in [1.54, 1.807) is 5.48 Å². The Morgan fingerprint density at radius 1 is 0.755 bits per heavy atom. The van der Waals surface area contributed by atoms with Crippen LogP contribution in [0.4, 0.5) is 5.69 Å². The number of carbonyl (C=O) groups excluding carboxylic acids is 2. The number of unbranched alkanes of at least 4 members (excludes halogenated alkanes) is 3. The fourth-order valence-corrected chi connectivity index (χ4v) is 6.89. The highest BCUT2D eigenvalue weighted by atomic mass is 32.2. The van der Waals surface area contributed by atoms with Crippen molar-refractivity contribution in [3.05, 3.63) is 126 Å². The molecule has 2 heterocycles. The summed E-state index contributed by atoms with van der Waals surface area (Å²) in [5.41, 5.74) is 7.69. The lowest BCUT2D eigenvalue weighted by Gasteiger charge is -2.36. The molecule has 12 heteroatoms. The zero-order valence-electron chi connectivity index (χ0n) is 29.3. The lowest BCUT2D eigenvalue weighted by atomic mass is 10.0. The van der Waals surface area contributed by atoms with Crippen molar-refractivity contribution < 1.29 is 39.3 Å². The molecule has 1 saturated heterocycles. The van der Waals surface area contributed by atoms with Gasteiger partial charge < -0.3 is 29.8 Å². The van der Waals surface area contributed by atoms with Gasteiger partial charge in [0.05, 0.1) is 18.8 Å². The Morgan fingerprint density at radius 3 is 2.02 bits per heavy atom. The van der Waals surface area contributed by atoms with Gasteiger partial charge in [-0.25, -0.2) is 10.5 Å². The van der Waals surface area contributed by atoms with Gasteiger partial charge in [-0.05, 0) is 36.1 Å². The molecule has 1 fully saturated rings. The van der Waals surface area contributed by atoms with Crippen LogP contribution in [-0.4, -0.2) is 44.4 Å². The van der Waals surface area contributed by atoms with E-state index in [1.165, 1.54) is 11.8 Å². The third-order valence-corrected chi connectivity index (χ3v) is 9.81. The van der Waals surface area contributed by atoms with Crippen molar-refractivity contribution in [1.29, 1.82) is 0 Å². The molecule has 278 valence electrons. The third-order valence-electron chi connectivity index (χ3n) is 8.85. The third kappa shape index (κ3) is 11.1. The normalized spacial score (nSPS) is 16.8. The Hall–Kier alpha value is -4.82. The second kappa shape index (κ2) is 19.9. The maximum Gasteiger partial charge on any atom is 0.256 e. The first kappa shape index (κ1) is 39.4. The molecule has 3 atom stereocenters. The van der Waals surface area contributed by atoms with E-state index in [0.29, 0.717) is 42.3 Å². The molecule has 1 aliphatic rings. The van der Waals surface area contributed by atoms with Crippen molar-refractivity contribution in [2.45, 2.75) is 75.3 Å². The van der Waals surface area contributed by atoms with Crippen molar-refractivity contribution in [1.82, 2.24) is 10.5 Å². The Balaban J connectivity index is 0.00000541. The van der Waals surface area contributed by atoms with Crippen LogP contribution in [0.2, 0.25) is 0 Å². The summed E-state index contributed by atoms with van der Waals surface area (Å²) < 4.78 is 19.4. The molecule has 6 N–H and O–H groups in total. The second-order valence-corrected chi connectivity index (χ2v) is 13.6. The molecule has 6 rings (SSSR count). The van der Waals surface area contributed by atoms with Crippen LogP contribution in [0.5, 0.6) is 0 Å². The highest BCUT2D eigenvalue weighted by molar-refractivity contribution is 7.99. The number of nitrogens with zero attached hydrogens (tertiary/aromatic N) is 1. The number of anilines is 1. The number of thioether (sulfide) groups is 1. The number of aromatic nitrogens is 1. The number of rotatable bonds is 16. The summed E-state index contributed by atoms with van der Waals surface area (Å²) in [4.78, 5) is 28.6. The average Bonchev–Trinajstić information content (AvgIpc) is 3.63. The SMILES string of the molecule is O.O=C(CCCCCCC(=O)Nc1ccc(C2OC(CSc3nc(-c4ccccc4)c(-c4ccccc4)o3)CC(c3ccc(CO)cc3)O2)cc1)NO. The van der Waals surface area contributed by atoms with Gasteiger partial charge in [-0.1, -0.05) is 122 Å². The minimum atomic E-state index is -0.649. The molecule has 0 saturated carbocycles. The van der Waals surface area contributed by atoms with E-state index < -0.39 is 12.2 Å². The molecule has 1 aromatic heterocycles. The van der Waals surface area contributed by atoms with Crippen molar-refractivity contribution in [3.8, 4) is 22.6 Å². The van der Waals surface area contributed by atoms with Crippen LogP contribution in [0.15, 0.2) is 119 Å². The Labute approximate surface area is 313 Å². The van der Waals surface area contributed by atoms with Crippen molar-refractivity contribution >= 4 is 29.3 Å². The molecule has 53 heavy (non-hydrogen) atoms. The van der Waals surface area contributed by atoms with Crippen LogP contribution in [0.3, 0.4) is 0 Å². The number of nitrogens with one attached hydrogen (secondary N) is 2. The number of carbonyl (C=O) groups is 2. The first-order valence-electron chi connectivity index (χ1n) is 17.6. The average molecular weight is 740 g/mol. The summed E-state index contributed by atoms with van der Waals surface area (Å²) in [6, 6.07) is 35.3. The molecule has 0 bridgehead atoms. The first-order valence-corrected chi connectivity index (χ1v) is 18.6. The number of ether oxygens (including phenoxy) is 2. The molecule has 5 aromatic rings. The summed E-state index contributed by atoms with van der Waals surface area (Å²) in [7, 11) is 0. The van der Waals surface area contributed by atoms with E-state index in [1.807, 2.05) is 109 Å². The molecule has 1 aliphatic heterocycles. The molecule has 3 unspecified atom stereocenters. The van der Waals surface area contributed by atoms with Crippen LogP contribution in [0.1, 0.15) is 74.0 Å². The topological polar surface area (TPSA) is 175 Å². The number of amides is 2. The summed E-state index contributed by atoms with van der Waals surface area (Å²) in [5.74, 6) is 0.829. The van der Waals surface area contributed by atoms with E-state index >= 15 is 0 Å². The minimum Gasteiger partial charge on any atom is -0.431 e. The van der Waals surface area contributed by atoms with Gasteiger partial charge in [0.1, 0.15) is 5.69 Å². The van der Waals surface area contributed by atoms with E-state index in [4.69, 9.17) is 24.1 Å². The highest BCUT2D eigenvalue weighted by Gasteiger charge is 2.33. The monoisotopic (exact) mass is 739 g/mol. The predicted octanol–water partition coefficient (Wildman–Crippen LogP) is 7.80. The van der Waals surface area contributed by atoms with Gasteiger partial charge in [-0.2, -0.15) is 0 Å². The molecule has 2 amide bonds. The standard InChI is InChI=1S/C41H43N3O7S.H2O/c45-26-28-17-19-29(20-18-28)35-25-34(27-52-41-43-38(30-11-5-3-6-12-30)39(51-41)31-13-7-4-8-14-31)49-40(50-35)32-21-23-33(24-22-32)42-36(46)15-9-1-2-10-16-37(47)44-48;/h3-8,11-14,17-24,34-35,40,45,48H,1-2,9-10,15-16,25-27H2,(H,42,46)(H,44,47);1H2. The molecule has 0 spiro atoms. The van der Waals surface area contributed by atoms with Gasteiger partial charge in [-0.15, -0.1) is 0 Å². The number of hydrogen-bond donors (Lipinski definition) is 4. The van der Waals surface area contributed by atoms with E-state index in [-0.39, 0.29) is 36.6 Å². The second-order valence-electron chi connectivity index (χ2n) is 12.7. The summed E-state index contributed by atoms with van der Waals surface area (Å²) in [6.45, 7) is -0.0305. The van der Waals surface area contributed by atoms with Gasteiger partial charge in [-0.3, -0.25) is 14.8 Å². The van der Waals surface area contributed by atoms with Crippen LogP contribution in [0, 0.1) is 0 Å². The van der Waals surface area contributed by atoms with E-state index in [0.717, 1.165) is 52.1 Å². The molecule has 0 radical (unpaired) electrons. The molecular formula is C41H45N3O8S. The molecular weight excluding hydrogens is 695 g/mol. The largest absolute Gasteiger partial charge is 0.431 e. The maximum absolute atomic E-state index is 12.6. The van der Waals surface area contributed by atoms with E-state index in [2.05, 4.69) is 5.32 Å². The zero-order valence-corrected chi connectivity index (χ0v) is 30.1. The van der Waals surface area contributed by atoms with E-state index in [9.17, 15) is 14.7 Å². The van der Waals surface area contributed by atoms with Crippen molar-refractivity contribution in [2.75, 3.05) is 11.1 Å². The van der Waals surface area contributed by atoms with Gasteiger partial charge in [0, 0.05) is 47.4 Å². The minimum absolute atomic E-state index is 0. The van der Waals surface area contributed by atoms with Gasteiger partial charge >= 0.3 is 0 Å². The van der Waals surface area contributed by atoms with Crippen LogP contribution in [-0.2, 0) is 25.7 Å². The Bertz CT molecular complexity index is 1810. The highest BCUT2D eigenvalue weighted by Crippen LogP contribution is 2.41. The van der Waals surface area contributed by atoms with Crippen LogP contribution >= 0.6 is 11.8 Å². The summed E-state index contributed by atoms with van der Waals surface area (Å²) in [5, 5.41) is 21.7. The number of benzene rings is 4. The molecule has 4 aromatic carbocycles. The fourth-order valence-electron chi connectivity index (χ4n) is 6.05. The summed E-state index contributed by atoms with van der Waals surface area (Å²) >= 11 is 1.51. The van der Waals surface area contributed by atoms with Crippen molar-refractivity contribution in [3.63, 3.8) is 0 Å². The first-order chi connectivity index (χ1) is 25.5. The maximum atomic E-state index is 12.6. The fraction of sp³-hybridized carbons (Fsp3) is 0.293. The molecule has 11 nitrogen and oxygen atoms in total. The van der Waals surface area contributed by atoms with Gasteiger partial charge in [0.15, 0.2) is 12.1 Å². The number of hydrogen-bond acceptors (Lipinski definition) is 9. The van der Waals surface area contributed by atoms with Crippen LogP contribution < -0.4 is 10.8 Å². The Kier molecular flexibility index (Phi) is 14.8. The lowest BCUT2D eigenvalue weighted by molar-refractivity contribution is -0.245. The zero-order chi connectivity index (χ0) is 36.1. The molecule has 0 aliphatic carbocycles. The smallest absolute Gasteiger partial charge is 0.256 e. The Morgan fingerprint density at radius 2 is 1.38 bits per heavy atom. The van der Waals surface area contributed by atoms with Gasteiger partial charge in [0.25, 0.3) is 5.22 Å². The number of aliphatic hydroxyl groups excluding tert-OH is 1. The predicted molar refractivity (Wildman–Crippen MR) is 203 cm³/mol. The van der Waals surface area contributed by atoms with Crippen molar-refractivity contribution in [2.24, 2.45) is 0 Å². The number of oxazole rings is 1. The quantitative estimate of drug-likeness (QED) is 0.0341.